The van der Waals surface area contributed by atoms with E-state index in [-0.39, 0.29) is 0 Å². The van der Waals surface area contributed by atoms with Gasteiger partial charge in [0.15, 0.2) is 5.01 Å². The molecule has 1 aromatic carbocycles. The molecule has 0 atom stereocenters. The Morgan fingerprint density at radius 3 is 2.57 bits per heavy atom. The number of benzene rings is 1. The van der Waals surface area contributed by atoms with E-state index in [9.17, 15) is 0 Å². The third kappa shape index (κ3) is 3.75. The Bertz CT molecular complexity index is 1300. The summed E-state index contributed by atoms with van der Waals surface area (Å²) in [5.41, 5.74) is 7.09. The molecule has 0 spiro atoms. The van der Waals surface area contributed by atoms with Crippen LogP contribution in [0.15, 0.2) is 72.6 Å². The van der Waals surface area contributed by atoms with Crippen molar-refractivity contribution in [2.45, 2.75) is 13.5 Å². The van der Waals surface area contributed by atoms with Crippen molar-refractivity contribution < 1.29 is 0 Å². The van der Waals surface area contributed by atoms with Gasteiger partial charge >= 0.3 is 0 Å². The van der Waals surface area contributed by atoms with Crippen LogP contribution in [0.2, 0.25) is 0 Å². The summed E-state index contributed by atoms with van der Waals surface area (Å²) in [7, 11) is 0. The van der Waals surface area contributed by atoms with Gasteiger partial charge in [-0.15, -0.1) is 10.2 Å². The summed E-state index contributed by atoms with van der Waals surface area (Å²) in [5, 5.41) is 14.3. The molecule has 6 nitrogen and oxygen atoms in total. The first-order valence-corrected chi connectivity index (χ1v) is 10.4. The molecule has 0 radical (unpaired) electrons. The molecule has 5 aromatic rings. The molecule has 0 aliphatic carbocycles. The standard InChI is InChI=1S/C23H18N6S/c1-15-10-18(6-8-24-15)17-4-2-16(3-5-17)12-27-22-20-13-26-21(23-29-28-14-30-23)11-19(20)7-9-25-22/h2-11,13-14H,12H2,1H3,(H,25,27). The van der Waals surface area contributed by atoms with Crippen molar-refractivity contribution in [1.82, 2.24) is 25.1 Å². The summed E-state index contributed by atoms with van der Waals surface area (Å²) in [6, 6.07) is 16.7. The minimum absolute atomic E-state index is 0.680. The average molecular weight is 411 g/mol. The Hall–Kier alpha value is -3.71. The fourth-order valence-electron chi connectivity index (χ4n) is 3.34. The van der Waals surface area contributed by atoms with Gasteiger partial charge in [-0.25, -0.2) is 4.98 Å². The molecule has 4 heterocycles. The molecule has 0 aliphatic heterocycles. The molecule has 0 saturated carbocycles. The molecule has 0 amide bonds. The van der Waals surface area contributed by atoms with Gasteiger partial charge in [0.1, 0.15) is 17.0 Å². The number of hydrogen-bond acceptors (Lipinski definition) is 7. The molecule has 146 valence electrons. The van der Waals surface area contributed by atoms with E-state index in [2.05, 4.69) is 60.8 Å². The maximum Gasteiger partial charge on any atom is 0.166 e. The Morgan fingerprint density at radius 1 is 0.900 bits per heavy atom. The smallest absolute Gasteiger partial charge is 0.166 e. The van der Waals surface area contributed by atoms with Gasteiger partial charge in [0.25, 0.3) is 0 Å². The third-order valence-corrected chi connectivity index (χ3v) is 5.59. The summed E-state index contributed by atoms with van der Waals surface area (Å²) in [6.45, 7) is 2.69. The Kier molecular flexibility index (Phi) is 4.86. The van der Waals surface area contributed by atoms with Gasteiger partial charge < -0.3 is 5.32 Å². The third-order valence-electron chi connectivity index (χ3n) is 4.87. The summed E-state index contributed by atoms with van der Waals surface area (Å²) in [6.07, 6.45) is 5.50. The summed E-state index contributed by atoms with van der Waals surface area (Å²) in [4.78, 5) is 13.3. The number of aryl methyl sites for hydroxylation is 1. The van der Waals surface area contributed by atoms with E-state index in [1.165, 1.54) is 28.0 Å². The van der Waals surface area contributed by atoms with Crippen molar-refractivity contribution in [2.24, 2.45) is 0 Å². The minimum atomic E-state index is 0.680. The zero-order chi connectivity index (χ0) is 20.3. The van der Waals surface area contributed by atoms with Gasteiger partial charge in [-0.2, -0.15) is 0 Å². The van der Waals surface area contributed by atoms with E-state index in [0.29, 0.717) is 6.54 Å². The zero-order valence-electron chi connectivity index (χ0n) is 16.3. The number of nitrogens with one attached hydrogen (secondary N) is 1. The first-order chi connectivity index (χ1) is 14.8. The molecule has 0 unspecified atom stereocenters. The van der Waals surface area contributed by atoms with Crippen LogP contribution in [-0.2, 0) is 6.54 Å². The second kappa shape index (κ2) is 7.96. The Morgan fingerprint density at radius 2 is 1.77 bits per heavy atom. The first-order valence-electron chi connectivity index (χ1n) is 9.53. The monoisotopic (exact) mass is 410 g/mol. The number of hydrogen-bond donors (Lipinski definition) is 1. The highest BCUT2D eigenvalue weighted by atomic mass is 32.1. The zero-order valence-corrected chi connectivity index (χ0v) is 17.1. The lowest BCUT2D eigenvalue weighted by Gasteiger charge is -2.10. The number of nitrogens with zero attached hydrogens (tertiary/aromatic N) is 5. The highest BCUT2D eigenvalue weighted by Crippen LogP contribution is 2.26. The molecular formula is C23H18N6S. The van der Waals surface area contributed by atoms with Crippen LogP contribution in [0.4, 0.5) is 5.82 Å². The van der Waals surface area contributed by atoms with Crippen molar-refractivity contribution in [2.75, 3.05) is 5.32 Å². The van der Waals surface area contributed by atoms with Crippen LogP contribution in [0.25, 0.3) is 32.6 Å². The first kappa shape index (κ1) is 18.3. The normalized spacial score (nSPS) is 11.0. The summed E-state index contributed by atoms with van der Waals surface area (Å²) in [5.74, 6) is 0.817. The molecule has 5 rings (SSSR count). The number of pyridine rings is 3. The van der Waals surface area contributed by atoms with E-state index >= 15 is 0 Å². The van der Waals surface area contributed by atoms with Crippen molar-refractivity contribution in [1.29, 1.82) is 0 Å². The van der Waals surface area contributed by atoms with E-state index in [1.807, 2.05) is 43.7 Å². The predicted molar refractivity (Wildman–Crippen MR) is 120 cm³/mol. The van der Waals surface area contributed by atoms with Crippen LogP contribution in [-0.4, -0.2) is 25.1 Å². The van der Waals surface area contributed by atoms with Crippen LogP contribution in [0.3, 0.4) is 0 Å². The van der Waals surface area contributed by atoms with Gasteiger partial charge in [-0.3, -0.25) is 9.97 Å². The Balaban J connectivity index is 1.35. The van der Waals surface area contributed by atoms with Gasteiger partial charge in [0, 0.05) is 36.2 Å². The lowest BCUT2D eigenvalue weighted by molar-refractivity contribution is 1.09. The molecule has 7 heteroatoms. The van der Waals surface area contributed by atoms with Crippen LogP contribution >= 0.6 is 11.3 Å². The fourth-order valence-corrected chi connectivity index (χ4v) is 3.86. The topological polar surface area (TPSA) is 76.5 Å². The molecule has 0 saturated heterocycles. The number of anilines is 1. The second-order valence-corrected chi connectivity index (χ2v) is 7.76. The van der Waals surface area contributed by atoms with Gasteiger partial charge in [0.2, 0.25) is 0 Å². The van der Waals surface area contributed by atoms with E-state index in [0.717, 1.165) is 33.0 Å². The lowest BCUT2D eigenvalue weighted by atomic mass is 10.0. The van der Waals surface area contributed by atoms with Gasteiger partial charge in [0.05, 0.1) is 0 Å². The number of aromatic nitrogens is 5. The summed E-state index contributed by atoms with van der Waals surface area (Å²) >= 11 is 1.48. The molecule has 0 bridgehead atoms. The average Bonchev–Trinajstić information content (AvgIpc) is 3.33. The molecule has 30 heavy (non-hydrogen) atoms. The van der Waals surface area contributed by atoms with Crippen LogP contribution in [0, 0.1) is 6.92 Å². The van der Waals surface area contributed by atoms with Crippen molar-refractivity contribution >= 4 is 27.9 Å². The van der Waals surface area contributed by atoms with Crippen molar-refractivity contribution in [3.05, 3.63) is 83.9 Å². The van der Waals surface area contributed by atoms with E-state index in [1.54, 1.807) is 5.51 Å². The molecule has 0 fully saturated rings. The highest BCUT2D eigenvalue weighted by Gasteiger charge is 2.08. The van der Waals surface area contributed by atoms with Crippen molar-refractivity contribution in [3.8, 4) is 21.8 Å². The maximum atomic E-state index is 4.54. The summed E-state index contributed by atoms with van der Waals surface area (Å²) < 4.78 is 0. The molecular weight excluding hydrogens is 392 g/mol. The van der Waals surface area contributed by atoms with E-state index < -0.39 is 0 Å². The van der Waals surface area contributed by atoms with Crippen LogP contribution < -0.4 is 5.32 Å². The Labute approximate surface area is 177 Å². The largest absolute Gasteiger partial charge is 0.365 e. The minimum Gasteiger partial charge on any atom is -0.365 e. The number of rotatable bonds is 5. The van der Waals surface area contributed by atoms with Gasteiger partial charge in [-0.05, 0) is 53.3 Å². The van der Waals surface area contributed by atoms with Crippen LogP contribution in [0.1, 0.15) is 11.3 Å². The maximum absolute atomic E-state index is 4.54. The number of fused-ring (bicyclic) bond motifs is 1. The van der Waals surface area contributed by atoms with Crippen molar-refractivity contribution in [3.63, 3.8) is 0 Å². The molecule has 0 aliphatic rings. The SMILES string of the molecule is Cc1cc(-c2ccc(CNc3nccc4cc(-c5nncs5)ncc34)cc2)ccn1. The van der Waals surface area contributed by atoms with Gasteiger partial charge in [-0.1, -0.05) is 35.6 Å². The second-order valence-electron chi connectivity index (χ2n) is 6.93. The fraction of sp³-hybridized carbons (Fsp3) is 0.0870. The van der Waals surface area contributed by atoms with E-state index in [4.69, 9.17) is 0 Å². The quantitative estimate of drug-likeness (QED) is 0.433. The lowest BCUT2D eigenvalue weighted by Crippen LogP contribution is -2.02. The van der Waals surface area contributed by atoms with Crippen LogP contribution in [0.5, 0.6) is 0 Å². The highest BCUT2D eigenvalue weighted by molar-refractivity contribution is 7.12. The molecule has 1 N–H and O–H groups in total. The predicted octanol–water partition coefficient (Wildman–Crippen LogP) is 5.13. The molecule has 4 aromatic heterocycles.